The molecular formula is C27H38N2O2. The quantitative estimate of drug-likeness (QED) is 0.597. The molecule has 2 aromatic rings. The average molecular weight is 423 g/mol. The minimum Gasteiger partial charge on any atom is -0.497 e. The van der Waals surface area contributed by atoms with Gasteiger partial charge in [0, 0.05) is 6.54 Å². The van der Waals surface area contributed by atoms with Crippen LogP contribution in [0.25, 0.3) is 0 Å². The summed E-state index contributed by atoms with van der Waals surface area (Å²) in [6.07, 6.45) is 1.68. The standard InChI is InChI=1S/C27H38N2O2/c1-19(2)18-24-26(30)29(17-16-20-8-14-23(31-7)15-9-20)25(28(24)6)21-10-12-22(13-11-21)27(3,4)5/h8-15,19,24-25H,16-18H2,1-7H3/t24-,25+/m0/s1. The summed E-state index contributed by atoms with van der Waals surface area (Å²) in [5.74, 6) is 1.58. The third-order valence-electron chi connectivity index (χ3n) is 6.31. The van der Waals surface area contributed by atoms with E-state index in [1.54, 1.807) is 7.11 Å². The normalized spacial score (nSPS) is 20.0. The minimum absolute atomic E-state index is 0.0245. The molecule has 1 aliphatic heterocycles. The Morgan fingerprint density at radius 3 is 2.13 bits per heavy atom. The Labute approximate surface area is 188 Å². The number of amides is 1. The summed E-state index contributed by atoms with van der Waals surface area (Å²) in [7, 11) is 3.78. The third kappa shape index (κ3) is 5.30. The molecule has 0 bridgehead atoms. The highest BCUT2D eigenvalue weighted by Crippen LogP contribution is 2.36. The summed E-state index contributed by atoms with van der Waals surface area (Å²) in [6, 6.07) is 16.9. The van der Waals surface area contributed by atoms with Crippen LogP contribution in [0.5, 0.6) is 5.75 Å². The molecular weight excluding hydrogens is 384 g/mol. The Hall–Kier alpha value is -2.33. The van der Waals surface area contributed by atoms with Crippen LogP contribution in [0.4, 0.5) is 0 Å². The maximum atomic E-state index is 13.4. The van der Waals surface area contributed by atoms with Crippen molar-refractivity contribution in [3.05, 3.63) is 65.2 Å². The first-order valence-electron chi connectivity index (χ1n) is 11.4. The molecule has 0 unspecified atom stereocenters. The SMILES string of the molecule is COc1ccc(CCN2C(=O)[C@H](CC(C)C)N(C)[C@H]2c2ccc(C(C)(C)C)cc2)cc1. The van der Waals surface area contributed by atoms with E-state index >= 15 is 0 Å². The summed E-state index contributed by atoms with van der Waals surface area (Å²) in [4.78, 5) is 17.8. The molecule has 0 saturated carbocycles. The molecule has 1 saturated heterocycles. The summed E-state index contributed by atoms with van der Waals surface area (Å²) < 4.78 is 5.27. The lowest BCUT2D eigenvalue weighted by molar-refractivity contribution is -0.130. The number of methoxy groups -OCH3 is 1. The van der Waals surface area contributed by atoms with Gasteiger partial charge in [-0.25, -0.2) is 0 Å². The van der Waals surface area contributed by atoms with Gasteiger partial charge in [-0.05, 0) is 60.0 Å². The fourth-order valence-corrected chi connectivity index (χ4v) is 4.43. The Bertz CT molecular complexity index is 866. The van der Waals surface area contributed by atoms with Crippen LogP contribution < -0.4 is 4.74 Å². The number of rotatable bonds is 7. The van der Waals surface area contributed by atoms with Crippen LogP contribution in [0.3, 0.4) is 0 Å². The molecule has 1 heterocycles. The van der Waals surface area contributed by atoms with E-state index in [9.17, 15) is 4.79 Å². The molecule has 31 heavy (non-hydrogen) atoms. The predicted octanol–water partition coefficient (Wildman–Crippen LogP) is 5.42. The van der Waals surface area contributed by atoms with Gasteiger partial charge >= 0.3 is 0 Å². The van der Waals surface area contributed by atoms with E-state index in [-0.39, 0.29) is 23.5 Å². The maximum Gasteiger partial charge on any atom is 0.241 e. The van der Waals surface area contributed by atoms with Crippen molar-refractivity contribution in [2.75, 3.05) is 20.7 Å². The first-order valence-corrected chi connectivity index (χ1v) is 11.4. The number of carbonyl (C=O) groups excluding carboxylic acids is 1. The number of hydrogen-bond acceptors (Lipinski definition) is 3. The fraction of sp³-hybridized carbons (Fsp3) is 0.519. The number of nitrogens with zero attached hydrogens (tertiary/aromatic N) is 2. The average Bonchev–Trinajstić information content (AvgIpc) is 2.96. The van der Waals surface area contributed by atoms with Gasteiger partial charge in [-0.3, -0.25) is 9.69 Å². The molecule has 3 rings (SSSR count). The van der Waals surface area contributed by atoms with Gasteiger partial charge in [-0.1, -0.05) is 71.0 Å². The first-order chi connectivity index (χ1) is 14.6. The van der Waals surface area contributed by atoms with E-state index < -0.39 is 0 Å². The Balaban J connectivity index is 1.85. The van der Waals surface area contributed by atoms with Gasteiger partial charge < -0.3 is 9.64 Å². The molecule has 0 spiro atoms. The zero-order valence-corrected chi connectivity index (χ0v) is 20.2. The Morgan fingerprint density at radius 1 is 1.00 bits per heavy atom. The number of carbonyl (C=O) groups is 1. The largest absolute Gasteiger partial charge is 0.497 e. The van der Waals surface area contributed by atoms with E-state index in [0.29, 0.717) is 12.5 Å². The molecule has 0 N–H and O–H groups in total. The van der Waals surface area contributed by atoms with Crippen LogP contribution in [-0.2, 0) is 16.6 Å². The van der Waals surface area contributed by atoms with Crippen LogP contribution in [0.1, 0.15) is 63.9 Å². The minimum atomic E-state index is -0.0665. The van der Waals surface area contributed by atoms with Gasteiger partial charge in [0.15, 0.2) is 0 Å². The molecule has 0 aromatic heterocycles. The van der Waals surface area contributed by atoms with E-state index in [0.717, 1.165) is 18.6 Å². The molecule has 0 aliphatic carbocycles. The van der Waals surface area contributed by atoms with Crippen molar-refractivity contribution in [1.29, 1.82) is 0 Å². The monoisotopic (exact) mass is 422 g/mol. The number of benzene rings is 2. The predicted molar refractivity (Wildman–Crippen MR) is 127 cm³/mol. The topological polar surface area (TPSA) is 32.8 Å². The van der Waals surface area contributed by atoms with Crippen molar-refractivity contribution in [2.24, 2.45) is 5.92 Å². The van der Waals surface area contributed by atoms with E-state index in [4.69, 9.17) is 4.74 Å². The third-order valence-corrected chi connectivity index (χ3v) is 6.31. The summed E-state index contributed by atoms with van der Waals surface area (Å²) in [5.41, 5.74) is 3.83. The van der Waals surface area contributed by atoms with Crippen LogP contribution in [0, 0.1) is 5.92 Å². The summed E-state index contributed by atoms with van der Waals surface area (Å²) in [5, 5.41) is 0. The van der Waals surface area contributed by atoms with Gasteiger partial charge in [0.25, 0.3) is 0 Å². The molecule has 168 valence electrons. The lowest BCUT2D eigenvalue weighted by Crippen LogP contribution is -2.33. The second kappa shape index (κ2) is 9.44. The second-order valence-corrected chi connectivity index (χ2v) is 10.2. The van der Waals surface area contributed by atoms with Gasteiger partial charge in [-0.15, -0.1) is 0 Å². The Morgan fingerprint density at radius 2 is 1.61 bits per heavy atom. The maximum absolute atomic E-state index is 13.4. The van der Waals surface area contributed by atoms with E-state index in [1.165, 1.54) is 16.7 Å². The molecule has 1 aliphatic rings. The number of likely N-dealkylation sites (N-methyl/N-ethyl adjacent to an activating group) is 1. The Kier molecular flexibility index (Phi) is 7.10. The van der Waals surface area contributed by atoms with Gasteiger partial charge in [-0.2, -0.15) is 0 Å². The molecule has 4 heteroatoms. The molecule has 1 amide bonds. The smallest absolute Gasteiger partial charge is 0.241 e. The molecule has 1 fully saturated rings. The van der Waals surface area contributed by atoms with Crippen LogP contribution >= 0.6 is 0 Å². The van der Waals surface area contributed by atoms with Crippen molar-refractivity contribution in [3.63, 3.8) is 0 Å². The zero-order chi connectivity index (χ0) is 22.8. The van der Waals surface area contributed by atoms with Crippen LogP contribution in [0.15, 0.2) is 48.5 Å². The fourth-order valence-electron chi connectivity index (χ4n) is 4.43. The number of hydrogen-bond donors (Lipinski definition) is 0. The van der Waals surface area contributed by atoms with Crippen LogP contribution in [0.2, 0.25) is 0 Å². The second-order valence-electron chi connectivity index (χ2n) is 10.2. The van der Waals surface area contributed by atoms with Gasteiger partial charge in [0.1, 0.15) is 11.9 Å². The van der Waals surface area contributed by atoms with E-state index in [1.807, 2.05) is 12.1 Å². The molecule has 0 radical (unpaired) electrons. The molecule has 2 atom stereocenters. The summed E-state index contributed by atoms with van der Waals surface area (Å²) >= 11 is 0. The van der Waals surface area contributed by atoms with Crippen molar-refractivity contribution in [3.8, 4) is 5.75 Å². The highest BCUT2D eigenvalue weighted by molar-refractivity contribution is 5.84. The zero-order valence-electron chi connectivity index (χ0n) is 20.2. The van der Waals surface area contributed by atoms with Crippen LogP contribution in [-0.4, -0.2) is 42.5 Å². The molecule has 4 nitrogen and oxygen atoms in total. The lowest BCUT2D eigenvalue weighted by Gasteiger charge is -2.30. The molecule has 2 aromatic carbocycles. The number of ether oxygens (including phenoxy) is 1. The first kappa shape index (κ1) is 23.3. The highest BCUT2D eigenvalue weighted by atomic mass is 16.5. The van der Waals surface area contributed by atoms with Crippen molar-refractivity contribution in [2.45, 2.75) is 65.1 Å². The van der Waals surface area contributed by atoms with Gasteiger partial charge in [0.05, 0.1) is 13.2 Å². The van der Waals surface area contributed by atoms with Crippen molar-refractivity contribution in [1.82, 2.24) is 9.80 Å². The van der Waals surface area contributed by atoms with Gasteiger partial charge in [0.2, 0.25) is 5.91 Å². The highest BCUT2D eigenvalue weighted by Gasteiger charge is 2.44. The summed E-state index contributed by atoms with van der Waals surface area (Å²) in [6.45, 7) is 11.8. The van der Waals surface area contributed by atoms with Crippen molar-refractivity contribution < 1.29 is 9.53 Å². The van der Waals surface area contributed by atoms with E-state index in [2.05, 4.69) is 87.9 Å². The lowest BCUT2D eigenvalue weighted by atomic mass is 9.86. The van der Waals surface area contributed by atoms with Crippen molar-refractivity contribution >= 4 is 5.91 Å².